The maximum absolute atomic E-state index is 4.01. The third-order valence-electron chi connectivity index (χ3n) is 1.15. The standard InChI is InChI=1S/C5H13Si/c1-4-6(3)5-2/h6H,3-5H2,1-2H3. The van der Waals surface area contributed by atoms with Crippen molar-refractivity contribution in [1.82, 2.24) is 0 Å². The molecule has 1 heteroatoms. The highest BCUT2D eigenvalue weighted by Crippen LogP contribution is 1.92. The van der Waals surface area contributed by atoms with Gasteiger partial charge in [-0.2, -0.15) is 0 Å². The SMILES string of the molecule is [CH2][SiH](CC)CC. The third-order valence-corrected chi connectivity index (χ3v) is 3.46. The first-order chi connectivity index (χ1) is 2.81. The average Bonchev–Trinajstić information content (AvgIpc) is 1.65. The molecule has 0 aromatic rings. The molecule has 0 nitrogen and oxygen atoms in total. The molecule has 0 saturated heterocycles. The van der Waals surface area contributed by atoms with E-state index < -0.39 is 8.80 Å². The van der Waals surface area contributed by atoms with Gasteiger partial charge in [0.25, 0.3) is 0 Å². The third kappa shape index (κ3) is 2.45. The molecule has 0 aliphatic rings. The van der Waals surface area contributed by atoms with Gasteiger partial charge in [-0.3, -0.25) is 0 Å². The monoisotopic (exact) mass is 101 g/mol. The van der Waals surface area contributed by atoms with E-state index in [-0.39, 0.29) is 0 Å². The Kier molecular flexibility index (Phi) is 3.53. The Labute approximate surface area is 42.2 Å². The lowest BCUT2D eigenvalue weighted by atomic mass is 10.9. The van der Waals surface area contributed by atoms with Gasteiger partial charge in [-0.1, -0.05) is 32.5 Å². The van der Waals surface area contributed by atoms with Crippen LogP contribution in [-0.4, -0.2) is 8.80 Å². The second kappa shape index (κ2) is 3.41. The van der Waals surface area contributed by atoms with Crippen LogP contribution < -0.4 is 0 Å². The molecule has 37 valence electrons. The predicted molar refractivity (Wildman–Crippen MR) is 33.5 cm³/mol. The Morgan fingerprint density at radius 3 is 1.67 bits per heavy atom. The van der Waals surface area contributed by atoms with Crippen molar-refractivity contribution in [3.8, 4) is 0 Å². The van der Waals surface area contributed by atoms with Crippen molar-refractivity contribution in [2.75, 3.05) is 0 Å². The molecule has 6 heavy (non-hydrogen) atoms. The first-order valence-corrected chi connectivity index (χ1v) is 5.09. The number of hydrogen-bond donors (Lipinski definition) is 0. The molecule has 0 aromatic heterocycles. The van der Waals surface area contributed by atoms with Crippen LogP contribution in [0.2, 0.25) is 12.1 Å². The zero-order valence-electron chi connectivity index (χ0n) is 4.70. The molecule has 0 atom stereocenters. The second-order valence-corrected chi connectivity index (χ2v) is 5.05. The Hall–Kier alpha value is 0.217. The molecule has 0 spiro atoms. The van der Waals surface area contributed by atoms with E-state index in [0.29, 0.717) is 0 Å². The molecule has 0 N–H and O–H groups in total. The molecule has 0 aromatic carbocycles. The van der Waals surface area contributed by atoms with Crippen LogP contribution in [0.4, 0.5) is 0 Å². The molecule has 0 amide bonds. The Morgan fingerprint density at radius 2 is 1.67 bits per heavy atom. The lowest BCUT2D eigenvalue weighted by Crippen LogP contribution is -2.00. The predicted octanol–water partition coefficient (Wildman–Crippen LogP) is 1.63. The maximum Gasteiger partial charge on any atom is 0.0359 e. The van der Waals surface area contributed by atoms with Gasteiger partial charge >= 0.3 is 0 Å². The van der Waals surface area contributed by atoms with Crippen LogP contribution in [0.15, 0.2) is 0 Å². The number of hydrogen-bond acceptors (Lipinski definition) is 0. The van der Waals surface area contributed by atoms with Crippen molar-refractivity contribution in [3.63, 3.8) is 0 Å². The quantitative estimate of drug-likeness (QED) is 0.464. The van der Waals surface area contributed by atoms with E-state index >= 15 is 0 Å². The highest BCUT2D eigenvalue weighted by Gasteiger charge is 1.91. The van der Waals surface area contributed by atoms with Crippen LogP contribution in [0.1, 0.15) is 13.8 Å². The number of rotatable bonds is 2. The summed E-state index contributed by atoms with van der Waals surface area (Å²) >= 11 is 0. The van der Waals surface area contributed by atoms with Crippen molar-refractivity contribution in [1.29, 1.82) is 0 Å². The molecule has 0 aliphatic carbocycles. The highest BCUT2D eigenvalue weighted by atomic mass is 28.3. The molecule has 0 rings (SSSR count). The summed E-state index contributed by atoms with van der Waals surface area (Å²) in [6, 6.07) is 2.72. The summed E-state index contributed by atoms with van der Waals surface area (Å²) in [4.78, 5) is 0. The zero-order valence-corrected chi connectivity index (χ0v) is 5.85. The normalized spacial score (nSPS) is 10.0. The lowest BCUT2D eigenvalue weighted by molar-refractivity contribution is 1.33. The fraction of sp³-hybridized carbons (Fsp3) is 0.800. The molecular weight excluding hydrogens is 88.1 g/mol. The van der Waals surface area contributed by atoms with E-state index in [4.69, 9.17) is 0 Å². The fourth-order valence-corrected chi connectivity index (χ4v) is 0.866. The van der Waals surface area contributed by atoms with Crippen LogP contribution in [0, 0.1) is 6.55 Å². The Bertz CT molecular complexity index is 23.1. The van der Waals surface area contributed by atoms with Crippen molar-refractivity contribution in [2.45, 2.75) is 25.9 Å². The first-order valence-electron chi connectivity index (χ1n) is 2.64. The van der Waals surface area contributed by atoms with E-state index in [1.165, 1.54) is 12.1 Å². The van der Waals surface area contributed by atoms with Gasteiger partial charge in [-0.15, -0.1) is 0 Å². The van der Waals surface area contributed by atoms with Crippen molar-refractivity contribution < 1.29 is 0 Å². The average molecular weight is 101 g/mol. The summed E-state index contributed by atoms with van der Waals surface area (Å²) < 4.78 is 0. The summed E-state index contributed by atoms with van der Waals surface area (Å²) in [7, 11) is -0.410. The summed E-state index contributed by atoms with van der Waals surface area (Å²) in [6.45, 7) is 8.47. The maximum atomic E-state index is 4.01. The molecule has 1 radical (unpaired) electrons. The van der Waals surface area contributed by atoms with Crippen molar-refractivity contribution in [2.24, 2.45) is 0 Å². The van der Waals surface area contributed by atoms with Gasteiger partial charge in [0.1, 0.15) is 0 Å². The fourth-order valence-electron chi connectivity index (χ4n) is 0.289. The lowest BCUT2D eigenvalue weighted by Gasteiger charge is -1.96. The van der Waals surface area contributed by atoms with Gasteiger partial charge in [0.05, 0.1) is 0 Å². The zero-order chi connectivity index (χ0) is 4.99. The van der Waals surface area contributed by atoms with Gasteiger partial charge < -0.3 is 0 Å². The van der Waals surface area contributed by atoms with Crippen LogP contribution in [-0.2, 0) is 0 Å². The van der Waals surface area contributed by atoms with Gasteiger partial charge in [0.15, 0.2) is 0 Å². The van der Waals surface area contributed by atoms with Crippen molar-refractivity contribution in [3.05, 3.63) is 6.55 Å². The first kappa shape index (κ1) is 6.22. The largest absolute Gasteiger partial charge is 0.0680 e. The van der Waals surface area contributed by atoms with E-state index in [0.717, 1.165) is 0 Å². The summed E-state index contributed by atoms with van der Waals surface area (Å²) in [5, 5.41) is 0. The Morgan fingerprint density at radius 1 is 1.33 bits per heavy atom. The van der Waals surface area contributed by atoms with Gasteiger partial charge in [-0.25, -0.2) is 0 Å². The molecule has 0 aliphatic heterocycles. The molecular formula is C5H13Si. The highest BCUT2D eigenvalue weighted by molar-refractivity contribution is 6.60. The van der Waals surface area contributed by atoms with Crippen LogP contribution >= 0.6 is 0 Å². The van der Waals surface area contributed by atoms with E-state index in [1.807, 2.05) is 0 Å². The van der Waals surface area contributed by atoms with Gasteiger partial charge in [0.2, 0.25) is 0 Å². The van der Waals surface area contributed by atoms with Gasteiger partial charge in [-0.05, 0) is 0 Å². The second-order valence-electron chi connectivity index (χ2n) is 1.68. The van der Waals surface area contributed by atoms with Crippen LogP contribution in [0.5, 0.6) is 0 Å². The summed E-state index contributed by atoms with van der Waals surface area (Å²) in [5.74, 6) is 0. The van der Waals surface area contributed by atoms with Crippen molar-refractivity contribution >= 4 is 8.80 Å². The molecule has 0 unspecified atom stereocenters. The minimum Gasteiger partial charge on any atom is -0.0680 e. The minimum atomic E-state index is -0.410. The van der Waals surface area contributed by atoms with E-state index in [1.54, 1.807) is 0 Å². The molecule has 0 saturated carbocycles. The molecule has 0 bridgehead atoms. The van der Waals surface area contributed by atoms with Crippen LogP contribution in [0.25, 0.3) is 0 Å². The van der Waals surface area contributed by atoms with E-state index in [9.17, 15) is 0 Å². The topological polar surface area (TPSA) is 0 Å². The smallest absolute Gasteiger partial charge is 0.0359 e. The summed E-state index contributed by atoms with van der Waals surface area (Å²) in [5.41, 5.74) is 0. The van der Waals surface area contributed by atoms with E-state index in [2.05, 4.69) is 20.4 Å². The minimum absolute atomic E-state index is 0.410. The van der Waals surface area contributed by atoms with Gasteiger partial charge in [0, 0.05) is 8.80 Å². The molecule has 0 heterocycles. The summed E-state index contributed by atoms with van der Waals surface area (Å²) in [6.07, 6.45) is 0. The molecule has 0 fully saturated rings. The van der Waals surface area contributed by atoms with Crippen LogP contribution in [0.3, 0.4) is 0 Å². The Balaban J connectivity index is 2.75.